The van der Waals surface area contributed by atoms with E-state index in [0.29, 0.717) is 16.3 Å². The first-order valence-corrected chi connectivity index (χ1v) is 7.04. The first-order chi connectivity index (χ1) is 9.61. The summed E-state index contributed by atoms with van der Waals surface area (Å²) in [7, 11) is 1.56. The van der Waals surface area contributed by atoms with E-state index >= 15 is 0 Å². The molecule has 0 spiro atoms. The number of benzene rings is 1. The lowest BCUT2D eigenvalue weighted by Crippen LogP contribution is -2.35. The van der Waals surface area contributed by atoms with Gasteiger partial charge >= 0.3 is 6.09 Å². The molecule has 6 heteroatoms. The van der Waals surface area contributed by atoms with E-state index in [-0.39, 0.29) is 6.54 Å². The molecule has 0 radical (unpaired) electrons. The molecular formula is C15H23ClN2O3. The quantitative estimate of drug-likeness (QED) is 0.892. The Balaban J connectivity index is 3.11. The Bertz CT molecular complexity index is 508. The zero-order chi connectivity index (χ0) is 16.3. The molecule has 5 nitrogen and oxygen atoms in total. The maximum atomic E-state index is 11.9. The number of hydrogen-bond donors (Lipinski definition) is 2. The molecule has 21 heavy (non-hydrogen) atoms. The van der Waals surface area contributed by atoms with Crippen LogP contribution in [0.2, 0.25) is 5.02 Å². The summed E-state index contributed by atoms with van der Waals surface area (Å²) in [5.41, 5.74) is 5.72. The van der Waals surface area contributed by atoms with Gasteiger partial charge in [-0.15, -0.1) is 0 Å². The number of carbonyl (C=O) groups excluding carboxylic acids is 1. The van der Waals surface area contributed by atoms with Gasteiger partial charge in [0, 0.05) is 24.2 Å². The highest BCUT2D eigenvalue weighted by Crippen LogP contribution is 2.32. The third-order valence-corrected chi connectivity index (χ3v) is 3.26. The lowest BCUT2D eigenvalue weighted by atomic mass is 9.94. The van der Waals surface area contributed by atoms with E-state index < -0.39 is 17.3 Å². The molecule has 1 unspecified atom stereocenters. The molecule has 0 saturated carbocycles. The molecule has 118 valence electrons. The molecule has 0 aliphatic rings. The summed E-state index contributed by atoms with van der Waals surface area (Å²) in [6.45, 7) is 7.48. The molecule has 0 bridgehead atoms. The zero-order valence-electron chi connectivity index (χ0n) is 13.1. The van der Waals surface area contributed by atoms with Gasteiger partial charge in [-0.2, -0.15) is 0 Å². The highest BCUT2D eigenvalue weighted by atomic mass is 35.5. The number of rotatable bonds is 4. The van der Waals surface area contributed by atoms with Gasteiger partial charge in [-0.1, -0.05) is 11.6 Å². The Kier molecular flexibility index (Phi) is 5.61. The molecule has 3 N–H and O–H groups in total. The second-order valence-electron chi connectivity index (χ2n) is 5.96. The fourth-order valence-corrected chi connectivity index (χ4v) is 1.95. The molecule has 0 aromatic heterocycles. The number of nitrogens with two attached hydrogens (primary N) is 1. The van der Waals surface area contributed by atoms with Gasteiger partial charge < -0.3 is 15.2 Å². The Morgan fingerprint density at radius 1 is 1.33 bits per heavy atom. The fraction of sp³-hybridized carbons (Fsp3) is 0.533. The van der Waals surface area contributed by atoms with Crippen molar-refractivity contribution < 1.29 is 14.3 Å². The van der Waals surface area contributed by atoms with E-state index in [4.69, 9.17) is 26.8 Å². The number of amides is 1. The molecule has 1 rings (SSSR count). The number of nitrogens with one attached hydrogen (secondary N) is 1. The highest BCUT2D eigenvalue weighted by molar-refractivity contribution is 6.30. The minimum absolute atomic E-state index is 0.243. The number of carbonyl (C=O) groups is 1. The molecule has 1 aromatic carbocycles. The topological polar surface area (TPSA) is 73.6 Å². The van der Waals surface area contributed by atoms with Gasteiger partial charge in [-0.25, -0.2) is 4.79 Å². The maximum absolute atomic E-state index is 11.9. The molecular weight excluding hydrogens is 292 g/mol. The third kappa shape index (κ3) is 4.88. The van der Waals surface area contributed by atoms with Crippen LogP contribution in [0.15, 0.2) is 18.2 Å². The maximum Gasteiger partial charge on any atom is 0.412 e. The van der Waals surface area contributed by atoms with Crippen LogP contribution < -0.4 is 11.1 Å². The predicted octanol–water partition coefficient (Wildman–Crippen LogP) is 3.51. The van der Waals surface area contributed by atoms with Crippen molar-refractivity contribution in [2.24, 2.45) is 5.73 Å². The predicted molar refractivity (Wildman–Crippen MR) is 84.7 cm³/mol. The molecule has 0 saturated heterocycles. The van der Waals surface area contributed by atoms with Crippen molar-refractivity contribution in [2.45, 2.75) is 38.9 Å². The van der Waals surface area contributed by atoms with Gasteiger partial charge in [-0.05, 0) is 45.9 Å². The van der Waals surface area contributed by atoms with Crippen LogP contribution in [0.1, 0.15) is 33.3 Å². The molecule has 1 atom stereocenters. The molecule has 0 fully saturated rings. The number of halogens is 1. The van der Waals surface area contributed by atoms with Crippen molar-refractivity contribution in [3.05, 3.63) is 28.8 Å². The van der Waals surface area contributed by atoms with Crippen LogP contribution in [0.3, 0.4) is 0 Å². The van der Waals surface area contributed by atoms with Crippen LogP contribution >= 0.6 is 11.6 Å². The van der Waals surface area contributed by atoms with Crippen LogP contribution in [0, 0.1) is 0 Å². The van der Waals surface area contributed by atoms with Crippen LogP contribution in [-0.4, -0.2) is 25.3 Å². The lowest BCUT2D eigenvalue weighted by Gasteiger charge is -2.29. The Hall–Kier alpha value is -1.30. The summed E-state index contributed by atoms with van der Waals surface area (Å²) in [6.07, 6.45) is -0.540. The minimum Gasteiger partial charge on any atom is -0.444 e. The van der Waals surface area contributed by atoms with E-state index in [0.717, 1.165) is 0 Å². The Morgan fingerprint density at radius 2 is 1.95 bits per heavy atom. The van der Waals surface area contributed by atoms with Crippen LogP contribution in [0.25, 0.3) is 0 Å². The summed E-state index contributed by atoms with van der Waals surface area (Å²) >= 11 is 6.04. The van der Waals surface area contributed by atoms with Crippen molar-refractivity contribution in [2.75, 3.05) is 19.0 Å². The van der Waals surface area contributed by atoms with Crippen LogP contribution in [-0.2, 0) is 15.1 Å². The number of hydrogen-bond acceptors (Lipinski definition) is 4. The minimum atomic E-state index is -0.755. The average Bonchev–Trinajstić information content (AvgIpc) is 2.37. The van der Waals surface area contributed by atoms with Gasteiger partial charge in [0.1, 0.15) is 11.2 Å². The second kappa shape index (κ2) is 6.64. The second-order valence-corrected chi connectivity index (χ2v) is 6.39. The van der Waals surface area contributed by atoms with Gasteiger partial charge in [0.25, 0.3) is 0 Å². The van der Waals surface area contributed by atoms with Crippen molar-refractivity contribution in [3.8, 4) is 0 Å². The molecule has 0 heterocycles. The molecule has 1 aromatic rings. The monoisotopic (exact) mass is 314 g/mol. The van der Waals surface area contributed by atoms with Gasteiger partial charge in [0.2, 0.25) is 0 Å². The average molecular weight is 315 g/mol. The fourth-order valence-electron chi connectivity index (χ4n) is 1.78. The van der Waals surface area contributed by atoms with Crippen molar-refractivity contribution in [1.29, 1.82) is 0 Å². The first-order valence-electron chi connectivity index (χ1n) is 6.66. The normalized spacial score (nSPS) is 14.4. The van der Waals surface area contributed by atoms with Crippen molar-refractivity contribution in [1.82, 2.24) is 0 Å². The van der Waals surface area contributed by atoms with Crippen molar-refractivity contribution in [3.63, 3.8) is 0 Å². The standard InChI is InChI=1S/C15H23ClN2O3/c1-14(2,3)21-13(19)18-12-7-6-10(16)8-11(12)15(4,9-17)20-5/h6-8H,9,17H2,1-5H3,(H,18,19). The SMILES string of the molecule is COC(C)(CN)c1cc(Cl)ccc1NC(=O)OC(C)(C)C. The number of ether oxygens (including phenoxy) is 2. The summed E-state index contributed by atoms with van der Waals surface area (Å²) in [4.78, 5) is 11.9. The zero-order valence-corrected chi connectivity index (χ0v) is 13.9. The van der Waals surface area contributed by atoms with Gasteiger partial charge in [-0.3, -0.25) is 5.32 Å². The van der Waals surface area contributed by atoms with E-state index in [9.17, 15) is 4.79 Å². The van der Waals surface area contributed by atoms with E-state index in [2.05, 4.69) is 5.32 Å². The highest BCUT2D eigenvalue weighted by Gasteiger charge is 2.29. The van der Waals surface area contributed by atoms with Gasteiger partial charge in [0.05, 0.1) is 5.69 Å². The molecule has 0 aliphatic carbocycles. The lowest BCUT2D eigenvalue weighted by molar-refractivity contribution is 0.0106. The van der Waals surface area contributed by atoms with E-state index in [1.165, 1.54) is 0 Å². The number of anilines is 1. The number of methoxy groups -OCH3 is 1. The van der Waals surface area contributed by atoms with Crippen LogP contribution in [0.4, 0.5) is 10.5 Å². The summed E-state index contributed by atoms with van der Waals surface area (Å²) < 4.78 is 10.7. The van der Waals surface area contributed by atoms with Crippen molar-refractivity contribution >= 4 is 23.4 Å². The van der Waals surface area contributed by atoms with Gasteiger partial charge in [0.15, 0.2) is 0 Å². The summed E-state index contributed by atoms with van der Waals surface area (Å²) in [5.74, 6) is 0. The Morgan fingerprint density at radius 3 is 2.43 bits per heavy atom. The third-order valence-electron chi connectivity index (χ3n) is 3.03. The largest absolute Gasteiger partial charge is 0.444 e. The van der Waals surface area contributed by atoms with Crippen LogP contribution in [0.5, 0.6) is 0 Å². The summed E-state index contributed by atoms with van der Waals surface area (Å²) in [6, 6.07) is 5.11. The molecule has 0 aliphatic heterocycles. The first kappa shape index (κ1) is 17.8. The Labute approximate surface area is 130 Å². The van der Waals surface area contributed by atoms with E-state index in [1.807, 2.05) is 6.92 Å². The van der Waals surface area contributed by atoms with E-state index in [1.54, 1.807) is 46.1 Å². The molecule has 1 amide bonds. The smallest absolute Gasteiger partial charge is 0.412 e. The summed E-state index contributed by atoms with van der Waals surface area (Å²) in [5, 5.41) is 3.25.